The number of rotatable bonds is 5. The first-order valence-corrected chi connectivity index (χ1v) is 8.26. The molecule has 0 atom stereocenters. The van der Waals surface area contributed by atoms with Crippen LogP contribution in [0.3, 0.4) is 0 Å². The highest BCUT2D eigenvalue weighted by atomic mass is 32.2. The molecule has 3 aromatic rings. The van der Waals surface area contributed by atoms with Gasteiger partial charge < -0.3 is 10.3 Å². The van der Waals surface area contributed by atoms with Gasteiger partial charge in [0.2, 0.25) is 5.89 Å². The molecule has 0 bridgehead atoms. The zero-order valence-corrected chi connectivity index (χ0v) is 13.1. The number of aromatic nitrogens is 3. The number of aryl methyl sites for hydroxylation is 1. The van der Waals surface area contributed by atoms with Crippen LogP contribution in [-0.4, -0.2) is 15.1 Å². The Hall–Kier alpha value is -1.86. The van der Waals surface area contributed by atoms with E-state index < -0.39 is 0 Å². The van der Waals surface area contributed by atoms with Crippen molar-refractivity contribution in [2.75, 3.05) is 5.73 Å². The third kappa shape index (κ3) is 3.83. The lowest BCUT2D eigenvalue weighted by atomic mass is 10.2. The van der Waals surface area contributed by atoms with Gasteiger partial charge in [-0.3, -0.25) is 0 Å². The first-order valence-electron chi connectivity index (χ1n) is 6.40. The Labute approximate surface area is 130 Å². The van der Waals surface area contributed by atoms with E-state index >= 15 is 0 Å². The quantitative estimate of drug-likeness (QED) is 0.727. The van der Waals surface area contributed by atoms with Gasteiger partial charge in [-0.05, 0) is 19.1 Å². The number of nitrogen functional groups attached to an aromatic ring is 1. The predicted molar refractivity (Wildman–Crippen MR) is 84.4 cm³/mol. The number of nitrogens with zero attached hydrogens (tertiary/aromatic N) is 3. The van der Waals surface area contributed by atoms with Crippen LogP contribution in [0.4, 0.5) is 5.13 Å². The number of nitrogens with two attached hydrogens (primary N) is 1. The van der Waals surface area contributed by atoms with Crippen molar-refractivity contribution < 1.29 is 4.52 Å². The lowest BCUT2D eigenvalue weighted by molar-refractivity contribution is 0.380. The minimum Gasteiger partial charge on any atom is -0.375 e. The van der Waals surface area contributed by atoms with Crippen molar-refractivity contribution in [2.24, 2.45) is 0 Å². The maximum Gasteiger partial charge on any atom is 0.232 e. The molecule has 5 nitrogen and oxygen atoms in total. The largest absolute Gasteiger partial charge is 0.375 e. The fraction of sp³-hybridized carbons (Fsp3) is 0.214. The van der Waals surface area contributed by atoms with Crippen LogP contribution in [0, 0.1) is 6.92 Å². The second-order valence-corrected chi connectivity index (χ2v) is 6.50. The van der Waals surface area contributed by atoms with Crippen molar-refractivity contribution in [3.8, 4) is 0 Å². The van der Waals surface area contributed by atoms with E-state index in [9.17, 15) is 0 Å². The highest BCUT2D eigenvalue weighted by Crippen LogP contribution is 2.22. The Kier molecular flexibility index (Phi) is 4.21. The van der Waals surface area contributed by atoms with Crippen molar-refractivity contribution in [1.82, 2.24) is 15.1 Å². The molecule has 0 aliphatic rings. The van der Waals surface area contributed by atoms with Crippen molar-refractivity contribution in [3.05, 3.63) is 52.6 Å². The maximum absolute atomic E-state index is 5.60. The third-order valence-electron chi connectivity index (χ3n) is 2.80. The zero-order valence-electron chi connectivity index (χ0n) is 11.4. The van der Waals surface area contributed by atoms with Gasteiger partial charge in [-0.25, -0.2) is 4.98 Å². The number of thiazole rings is 1. The minimum atomic E-state index is 0.524. The summed E-state index contributed by atoms with van der Waals surface area (Å²) in [6.45, 7) is 2.07. The van der Waals surface area contributed by atoms with Crippen LogP contribution in [0.25, 0.3) is 0 Å². The van der Waals surface area contributed by atoms with Gasteiger partial charge in [-0.15, -0.1) is 23.1 Å². The Balaban J connectivity index is 1.58. The van der Waals surface area contributed by atoms with Gasteiger partial charge in [0.15, 0.2) is 11.0 Å². The average Bonchev–Trinajstić information content (AvgIpc) is 3.08. The summed E-state index contributed by atoms with van der Waals surface area (Å²) in [5.74, 6) is 1.95. The van der Waals surface area contributed by atoms with E-state index in [4.69, 9.17) is 10.3 Å². The van der Waals surface area contributed by atoms with Gasteiger partial charge >= 0.3 is 0 Å². The molecule has 1 aromatic carbocycles. The minimum absolute atomic E-state index is 0.524. The summed E-state index contributed by atoms with van der Waals surface area (Å²) in [4.78, 5) is 9.75. The molecule has 0 unspecified atom stereocenters. The van der Waals surface area contributed by atoms with Crippen LogP contribution in [0.2, 0.25) is 0 Å². The molecular formula is C14H14N4OS2. The van der Waals surface area contributed by atoms with Gasteiger partial charge in [-0.1, -0.05) is 22.9 Å². The molecule has 0 spiro atoms. The van der Waals surface area contributed by atoms with Gasteiger partial charge in [0, 0.05) is 10.3 Å². The number of hydrogen-bond acceptors (Lipinski definition) is 7. The van der Waals surface area contributed by atoms with E-state index in [1.54, 1.807) is 11.8 Å². The molecular weight excluding hydrogens is 304 g/mol. The van der Waals surface area contributed by atoms with Gasteiger partial charge in [0.05, 0.1) is 17.9 Å². The molecule has 7 heteroatoms. The number of anilines is 1. The second kappa shape index (κ2) is 6.28. The van der Waals surface area contributed by atoms with Crippen LogP contribution in [-0.2, 0) is 12.2 Å². The van der Waals surface area contributed by atoms with E-state index in [1.807, 2.05) is 5.38 Å². The van der Waals surface area contributed by atoms with Crippen molar-refractivity contribution >= 4 is 28.2 Å². The number of hydrogen-bond donors (Lipinski definition) is 1. The van der Waals surface area contributed by atoms with Gasteiger partial charge in [0.1, 0.15) is 0 Å². The molecule has 0 radical (unpaired) electrons. The fourth-order valence-corrected chi connectivity index (χ4v) is 3.07. The van der Waals surface area contributed by atoms with Crippen LogP contribution in [0.15, 0.2) is 39.1 Å². The number of thioether (sulfide) groups is 1. The molecule has 0 amide bonds. The number of benzene rings is 1. The molecule has 3 rings (SSSR count). The summed E-state index contributed by atoms with van der Waals surface area (Å²) in [6, 6.07) is 8.38. The lowest BCUT2D eigenvalue weighted by Gasteiger charge is -1.98. The molecule has 108 valence electrons. The van der Waals surface area contributed by atoms with Gasteiger partial charge in [-0.2, -0.15) is 4.98 Å². The monoisotopic (exact) mass is 318 g/mol. The van der Waals surface area contributed by atoms with Crippen molar-refractivity contribution in [1.29, 1.82) is 0 Å². The predicted octanol–water partition coefficient (Wildman–Crippen LogP) is 3.30. The molecule has 2 aromatic heterocycles. The summed E-state index contributed by atoms with van der Waals surface area (Å²) in [5, 5.41) is 6.45. The van der Waals surface area contributed by atoms with E-state index in [0.717, 1.165) is 5.69 Å². The second-order valence-electron chi connectivity index (χ2n) is 4.56. The Morgan fingerprint density at radius 1 is 1.24 bits per heavy atom. The van der Waals surface area contributed by atoms with Crippen LogP contribution in [0.5, 0.6) is 0 Å². The summed E-state index contributed by atoms with van der Waals surface area (Å²) >= 11 is 3.10. The molecule has 0 aliphatic heterocycles. The molecule has 0 saturated heterocycles. The molecule has 2 N–H and O–H groups in total. The van der Waals surface area contributed by atoms with E-state index in [-0.39, 0.29) is 0 Å². The van der Waals surface area contributed by atoms with Crippen LogP contribution >= 0.6 is 23.1 Å². The zero-order chi connectivity index (χ0) is 14.7. The summed E-state index contributed by atoms with van der Waals surface area (Å²) in [7, 11) is 0. The molecule has 0 fully saturated rings. The van der Waals surface area contributed by atoms with Crippen molar-refractivity contribution in [3.63, 3.8) is 0 Å². The standard InChI is InChI=1S/C14H14N4OS2/c1-9-2-4-11(5-3-9)20-8-12-17-13(19-18-12)6-10-7-21-14(15)16-10/h2-5,7H,6,8H2,1H3,(H2,15,16). The average molecular weight is 318 g/mol. The van der Waals surface area contributed by atoms with E-state index in [2.05, 4.69) is 46.3 Å². The van der Waals surface area contributed by atoms with Crippen LogP contribution in [0.1, 0.15) is 23.0 Å². The fourth-order valence-electron chi connectivity index (χ4n) is 1.76. The topological polar surface area (TPSA) is 77.8 Å². The maximum atomic E-state index is 5.60. The lowest BCUT2D eigenvalue weighted by Crippen LogP contribution is -1.91. The first-order chi connectivity index (χ1) is 10.2. The molecule has 0 saturated carbocycles. The summed E-state index contributed by atoms with van der Waals surface area (Å²) < 4.78 is 5.23. The van der Waals surface area contributed by atoms with E-state index in [1.165, 1.54) is 21.8 Å². The Bertz CT molecular complexity index is 721. The molecule has 21 heavy (non-hydrogen) atoms. The Morgan fingerprint density at radius 2 is 2.05 bits per heavy atom. The van der Waals surface area contributed by atoms with Gasteiger partial charge in [0.25, 0.3) is 0 Å². The Morgan fingerprint density at radius 3 is 2.76 bits per heavy atom. The van der Waals surface area contributed by atoms with Crippen molar-refractivity contribution in [2.45, 2.75) is 24.0 Å². The highest BCUT2D eigenvalue weighted by Gasteiger charge is 2.09. The van der Waals surface area contributed by atoms with E-state index in [0.29, 0.717) is 29.0 Å². The summed E-state index contributed by atoms with van der Waals surface area (Å²) in [6.07, 6.45) is 0.524. The summed E-state index contributed by atoms with van der Waals surface area (Å²) in [5.41, 5.74) is 7.71. The first kappa shape index (κ1) is 14.1. The van der Waals surface area contributed by atoms with Crippen LogP contribution < -0.4 is 5.73 Å². The normalized spacial score (nSPS) is 10.9. The molecule has 0 aliphatic carbocycles. The smallest absolute Gasteiger partial charge is 0.232 e. The highest BCUT2D eigenvalue weighted by molar-refractivity contribution is 7.98. The molecule has 2 heterocycles. The SMILES string of the molecule is Cc1ccc(SCc2noc(Cc3csc(N)n3)n2)cc1. The third-order valence-corrected chi connectivity index (χ3v) is 4.53.